The second kappa shape index (κ2) is 7.38. The number of carbonyl (C=O) groups is 2. The molecule has 3 N–H and O–H groups in total. The fourth-order valence-corrected chi connectivity index (χ4v) is 4.48. The summed E-state index contributed by atoms with van der Waals surface area (Å²) < 4.78 is 0.132. The van der Waals surface area contributed by atoms with Crippen LogP contribution in [0.3, 0.4) is 0 Å². The molecule has 5 nitrogen and oxygen atoms in total. The van der Waals surface area contributed by atoms with Gasteiger partial charge < -0.3 is 15.7 Å². The molecule has 0 aromatic carbocycles. The minimum atomic E-state index is -0.791. The van der Waals surface area contributed by atoms with Crippen LogP contribution in [0.5, 0.6) is 0 Å². The van der Waals surface area contributed by atoms with Crippen LogP contribution in [0.1, 0.15) is 51.9 Å². The van der Waals surface area contributed by atoms with Gasteiger partial charge in [-0.2, -0.15) is 11.8 Å². The number of hydrogen-bond donors (Lipinski definition) is 3. The van der Waals surface area contributed by atoms with Gasteiger partial charge in [0.25, 0.3) is 0 Å². The van der Waals surface area contributed by atoms with Crippen molar-refractivity contribution in [2.24, 2.45) is 5.92 Å². The Morgan fingerprint density at radius 2 is 2.00 bits per heavy atom. The molecule has 3 atom stereocenters. The van der Waals surface area contributed by atoms with Crippen LogP contribution < -0.4 is 10.6 Å². The van der Waals surface area contributed by atoms with E-state index in [0.29, 0.717) is 13.0 Å². The largest absolute Gasteiger partial charge is 0.481 e. The van der Waals surface area contributed by atoms with Crippen LogP contribution in [0.15, 0.2) is 0 Å². The number of carboxylic acid groups (broad SMARTS) is 1. The van der Waals surface area contributed by atoms with Crippen molar-refractivity contribution < 1.29 is 14.7 Å². The van der Waals surface area contributed by atoms with Crippen molar-refractivity contribution in [2.75, 3.05) is 12.3 Å². The van der Waals surface area contributed by atoms with Crippen LogP contribution in [0, 0.1) is 5.92 Å². The third-order valence-corrected chi connectivity index (χ3v) is 6.11. The van der Waals surface area contributed by atoms with E-state index in [1.54, 1.807) is 0 Å². The van der Waals surface area contributed by atoms with Crippen LogP contribution in [0.25, 0.3) is 0 Å². The van der Waals surface area contributed by atoms with Crippen LogP contribution in [0.2, 0.25) is 0 Å². The Hall–Kier alpha value is -0.910. The van der Waals surface area contributed by atoms with E-state index in [1.807, 2.05) is 11.8 Å². The van der Waals surface area contributed by atoms with E-state index in [-0.39, 0.29) is 16.8 Å². The number of aliphatic carboxylic acids is 1. The van der Waals surface area contributed by atoms with Gasteiger partial charge in [-0.25, -0.2) is 4.79 Å². The molecule has 2 rings (SSSR count). The van der Waals surface area contributed by atoms with E-state index < -0.39 is 11.9 Å². The fourth-order valence-electron chi connectivity index (χ4n) is 3.24. The number of nitrogens with one attached hydrogen (secondary N) is 2. The third kappa shape index (κ3) is 4.80. The molecule has 0 aromatic heterocycles. The second-order valence-electron chi connectivity index (χ2n) is 6.42. The Bertz CT molecular complexity index is 383. The molecule has 3 unspecified atom stereocenters. The Kier molecular flexibility index (Phi) is 5.79. The van der Waals surface area contributed by atoms with Crippen LogP contribution in [-0.4, -0.2) is 40.2 Å². The van der Waals surface area contributed by atoms with E-state index in [4.69, 9.17) is 0 Å². The number of carbonyl (C=O) groups excluding carboxylic acids is 1. The molecule has 0 bridgehead atoms. The molecule has 0 aromatic rings. The molecule has 120 valence electrons. The molecular weight excluding hydrogens is 288 g/mol. The monoisotopic (exact) mass is 314 g/mol. The quantitative estimate of drug-likeness (QED) is 0.697. The summed E-state index contributed by atoms with van der Waals surface area (Å²) >= 11 is 1.90. The first-order chi connectivity index (χ1) is 10.0. The Labute approximate surface area is 130 Å². The molecule has 0 spiro atoms. The fraction of sp³-hybridized carbons (Fsp3) is 0.867. The van der Waals surface area contributed by atoms with E-state index in [0.717, 1.165) is 37.9 Å². The first-order valence-electron chi connectivity index (χ1n) is 7.91. The molecule has 6 heteroatoms. The first-order valence-corrected chi connectivity index (χ1v) is 8.90. The molecule has 2 amide bonds. The lowest BCUT2D eigenvalue weighted by molar-refractivity contribution is -0.142. The van der Waals surface area contributed by atoms with Crippen molar-refractivity contribution in [1.29, 1.82) is 0 Å². The summed E-state index contributed by atoms with van der Waals surface area (Å²) in [6.45, 7) is 2.82. The number of hydrogen-bond acceptors (Lipinski definition) is 3. The van der Waals surface area contributed by atoms with Gasteiger partial charge in [-0.1, -0.05) is 19.3 Å². The van der Waals surface area contributed by atoms with Crippen molar-refractivity contribution in [2.45, 2.75) is 62.7 Å². The molecular formula is C15H26N2O3S. The zero-order valence-electron chi connectivity index (χ0n) is 12.7. The van der Waals surface area contributed by atoms with Gasteiger partial charge in [0.2, 0.25) is 0 Å². The lowest BCUT2D eigenvalue weighted by Crippen LogP contribution is -2.49. The minimum Gasteiger partial charge on any atom is -0.481 e. The predicted molar refractivity (Wildman–Crippen MR) is 84.6 cm³/mol. The maximum absolute atomic E-state index is 12.1. The summed E-state index contributed by atoms with van der Waals surface area (Å²) in [6.07, 6.45) is 6.73. The predicted octanol–water partition coefficient (Wildman–Crippen LogP) is 2.60. The number of rotatable bonds is 4. The van der Waals surface area contributed by atoms with Crippen LogP contribution in [0.4, 0.5) is 4.79 Å². The highest BCUT2D eigenvalue weighted by molar-refractivity contribution is 8.00. The smallest absolute Gasteiger partial charge is 0.315 e. The number of thioether (sulfide) groups is 1. The summed E-state index contributed by atoms with van der Waals surface area (Å²) in [4.78, 5) is 23.4. The summed E-state index contributed by atoms with van der Waals surface area (Å²) in [5, 5.41) is 15.1. The van der Waals surface area contributed by atoms with Gasteiger partial charge in [0, 0.05) is 17.3 Å². The summed E-state index contributed by atoms with van der Waals surface area (Å²) in [5.74, 6) is -0.0843. The molecule has 2 aliphatic rings. The van der Waals surface area contributed by atoms with Crippen molar-refractivity contribution in [3.63, 3.8) is 0 Å². The molecule has 21 heavy (non-hydrogen) atoms. The molecule has 1 saturated carbocycles. The number of carboxylic acids is 1. The van der Waals surface area contributed by atoms with E-state index in [9.17, 15) is 14.7 Å². The van der Waals surface area contributed by atoms with Gasteiger partial charge in [-0.15, -0.1) is 0 Å². The Morgan fingerprint density at radius 3 is 2.67 bits per heavy atom. The van der Waals surface area contributed by atoms with E-state index in [2.05, 4.69) is 17.6 Å². The maximum Gasteiger partial charge on any atom is 0.315 e. The minimum absolute atomic E-state index is 0.132. The molecule has 1 saturated heterocycles. The first kappa shape index (κ1) is 16.5. The van der Waals surface area contributed by atoms with Crippen molar-refractivity contribution in [3.05, 3.63) is 0 Å². The molecule has 1 heterocycles. The lowest BCUT2D eigenvalue weighted by Gasteiger charge is -2.26. The Morgan fingerprint density at radius 1 is 1.24 bits per heavy atom. The van der Waals surface area contributed by atoms with Gasteiger partial charge in [0.1, 0.15) is 0 Å². The van der Waals surface area contributed by atoms with Gasteiger partial charge in [0.15, 0.2) is 0 Å². The zero-order chi connectivity index (χ0) is 15.3. The van der Waals surface area contributed by atoms with E-state index >= 15 is 0 Å². The average molecular weight is 314 g/mol. The number of urea groups is 1. The van der Waals surface area contributed by atoms with Gasteiger partial charge in [-0.05, 0) is 38.4 Å². The molecule has 1 aliphatic carbocycles. The summed E-state index contributed by atoms with van der Waals surface area (Å²) in [5.41, 5.74) is 0. The lowest BCUT2D eigenvalue weighted by atomic mass is 9.95. The molecule has 1 aliphatic heterocycles. The average Bonchev–Trinajstić information content (AvgIpc) is 2.73. The zero-order valence-corrected chi connectivity index (χ0v) is 13.5. The SMILES string of the molecule is CC1(CNC(=O)NC2CCCCCC2C(=O)O)CCCS1. The second-order valence-corrected chi connectivity index (χ2v) is 8.10. The van der Waals surface area contributed by atoms with Crippen molar-refractivity contribution in [3.8, 4) is 0 Å². The summed E-state index contributed by atoms with van der Waals surface area (Å²) in [7, 11) is 0. The van der Waals surface area contributed by atoms with Crippen LogP contribution in [-0.2, 0) is 4.79 Å². The highest BCUT2D eigenvalue weighted by Gasteiger charge is 2.32. The number of amides is 2. The van der Waals surface area contributed by atoms with E-state index in [1.165, 1.54) is 6.42 Å². The van der Waals surface area contributed by atoms with Gasteiger partial charge >= 0.3 is 12.0 Å². The standard InChI is InChI=1S/C15H26N2O3S/c1-15(8-5-9-21-15)10-16-14(20)17-12-7-4-2-3-6-11(12)13(18)19/h11-12H,2-10H2,1H3,(H,18,19)(H2,16,17,20). The molecule has 0 radical (unpaired) electrons. The van der Waals surface area contributed by atoms with Gasteiger partial charge in [0.05, 0.1) is 5.92 Å². The van der Waals surface area contributed by atoms with Crippen LogP contribution >= 0.6 is 11.8 Å². The molecule has 2 fully saturated rings. The maximum atomic E-state index is 12.1. The Balaban J connectivity index is 1.83. The van der Waals surface area contributed by atoms with Crippen molar-refractivity contribution in [1.82, 2.24) is 10.6 Å². The topological polar surface area (TPSA) is 78.4 Å². The van der Waals surface area contributed by atoms with Crippen molar-refractivity contribution >= 4 is 23.8 Å². The summed E-state index contributed by atoms with van der Waals surface area (Å²) in [6, 6.07) is -0.462. The third-order valence-electron chi connectivity index (χ3n) is 4.57. The normalized spacial score (nSPS) is 33.2. The highest BCUT2D eigenvalue weighted by atomic mass is 32.2. The highest BCUT2D eigenvalue weighted by Crippen LogP contribution is 2.36. The van der Waals surface area contributed by atoms with Gasteiger partial charge in [-0.3, -0.25) is 4.79 Å².